The first-order valence-electron chi connectivity index (χ1n) is 14.3. The van der Waals surface area contributed by atoms with Crippen LogP contribution in [0.2, 0.25) is 0 Å². The smallest absolute Gasteiger partial charge is 0.160 e. The summed E-state index contributed by atoms with van der Waals surface area (Å²) >= 11 is 1.41. The van der Waals surface area contributed by atoms with Crippen LogP contribution in [0.5, 0.6) is 0 Å². The lowest BCUT2D eigenvalue weighted by atomic mass is 9.96. The zero-order valence-corrected chi connectivity index (χ0v) is 22.8. The van der Waals surface area contributed by atoms with Gasteiger partial charge >= 0.3 is 0 Å². The average molecular weight is 477 g/mol. The minimum atomic E-state index is 0.801. The first-order valence-corrected chi connectivity index (χ1v) is 15.1. The van der Waals surface area contributed by atoms with Crippen molar-refractivity contribution < 1.29 is 9.59 Å². The molecule has 0 unspecified atom stereocenters. The van der Waals surface area contributed by atoms with Gasteiger partial charge in [-0.3, -0.25) is 9.59 Å². The predicted molar refractivity (Wildman–Crippen MR) is 146 cm³/mol. The molecule has 0 fully saturated rings. The standard InChI is InChI=1S/C30H52O2S/c1-3-5-7-9-11-13-15-17-19-21-23-27-28(30(26-32)33-29(27)25-31)24-22-20-18-16-14-12-10-8-6-4-2/h25-26H,3-24H2,1-2H3. The average Bonchev–Trinajstić information content (AvgIpc) is 3.18. The molecule has 1 rings (SSSR count). The van der Waals surface area contributed by atoms with Gasteiger partial charge in [0, 0.05) is 0 Å². The summed E-state index contributed by atoms with van der Waals surface area (Å²) in [5, 5.41) is 0. The first-order chi connectivity index (χ1) is 16.3. The third kappa shape index (κ3) is 14.1. The van der Waals surface area contributed by atoms with Crippen LogP contribution in [0.4, 0.5) is 0 Å². The molecule has 1 aromatic rings. The van der Waals surface area contributed by atoms with Gasteiger partial charge in [-0.2, -0.15) is 0 Å². The number of hydrogen-bond acceptors (Lipinski definition) is 3. The zero-order chi connectivity index (χ0) is 24.0. The van der Waals surface area contributed by atoms with Gasteiger partial charge in [-0.1, -0.05) is 129 Å². The van der Waals surface area contributed by atoms with Gasteiger partial charge in [-0.25, -0.2) is 0 Å². The Morgan fingerprint density at radius 3 is 1.00 bits per heavy atom. The van der Waals surface area contributed by atoms with Gasteiger partial charge in [0.15, 0.2) is 12.6 Å². The van der Waals surface area contributed by atoms with Crippen LogP contribution in [0, 0.1) is 0 Å². The third-order valence-corrected chi connectivity index (χ3v) is 8.08. The summed E-state index contributed by atoms with van der Waals surface area (Å²) in [6, 6.07) is 0. The summed E-state index contributed by atoms with van der Waals surface area (Å²) < 4.78 is 0. The van der Waals surface area contributed by atoms with Crippen LogP contribution < -0.4 is 0 Å². The Labute approximate surface area is 209 Å². The molecular weight excluding hydrogens is 424 g/mol. The second-order valence-corrected chi connectivity index (χ2v) is 11.0. The second kappa shape index (κ2) is 21.6. The molecule has 0 amide bonds. The molecule has 0 aliphatic rings. The second-order valence-electron chi connectivity index (χ2n) is 9.89. The van der Waals surface area contributed by atoms with Crippen molar-refractivity contribution in [3.8, 4) is 0 Å². The SMILES string of the molecule is CCCCCCCCCCCCc1c(C=O)sc(C=O)c1CCCCCCCCCCCC. The Kier molecular flexibility index (Phi) is 19.7. The number of aldehydes is 2. The summed E-state index contributed by atoms with van der Waals surface area (Å²) in [4.78, 5) is 24.9. The number of carbonyl (C=O) groups is 2. The number of hydrogen-bond donors (Lipinski definition) is 0. The van der Waals surface area contributed by atoms with Gasteiger partial charge in [0.2, 0.25) is 0 Å². The Balaban J connectivity index is 2.29. The summed E-state index contributed by atoms with van der Waals surface area (Å²) in [6.07, 6.45) is 30.3. The molecule has 1 heterocycles. The van der Waals surface area contributed by atoms with Crippen molar-refractivity contribution >= 4 is 23.9 Å². The van der Waals surface area contributed by atoms with Crippen molar-refractivity contribution in [2.75, 3.05) is 0 Å². The highest BCUT2D eigenvalue weighted by molar-refractivity contribution is 7.15. The van der Waals surface area contributed by atoms with Gasteiger partial charge in [0.1, 0.15) is 0 Å². The molecule has 2 nitrogen and oxygen atoms in total. The van der Waals surface area contributed by atoms with Gasteiger partial charge in [-0.05, 0) is 36.8 Å². The van der Waals surface area contributed by atoms with E-state index < -0.39 is 0 Å². The normalized spacial score (nSPS) is 11.2. The lowest BCUT2D eigenvalue weighted by Gasteiger charge is -2.08. The van der Waals surface area contributed by atoms with Crippen LogP contribution in [0.25, 0.3) is 0 Å². The van der Waals surface area contributed by atoms with Crippen molar-refractivity contribution in [1.29, 1.82) is 0 Å². The molecule has 0 aliphatic heterocycles. The molecule has 3 heteroatoms. The fourth-order valence-electron chi connectivity index (χ4n) is 4.86. The van der Waals surface area contributed by atoms with Crippen molar-refractivity contribution in [1.82, 2.24) is 0 Å². The minimum absolute atomic E-state index is 0.801. The molecule has 0 N–H and O–H groups in total. The quantitative estimate of drug-likeness (QED) is 0.110. The van der Waals surface area contributed by atoms with Crippen LogP contribution in [0.1, 0.15) is 173 Å². The Morgan fingerprint density at radius 2 is 0.727 bits per heavy atom. The van der Waals surface area contributed by atoms with E-state index in [1.165, 1.54) is 138 Å². The van der Waals surface area contributed by atoms with Gasteiger partial charge in [0.25, 0.3) is 0 Å². The van der Waals surface area contributed by atoms with Crippen LogP contribution >= 0.6 is 11.3 Å². The molecule has 0 bridgehead atoms. The maximum Gasteiger partial charge on any atom is 0.160 e. The topological polar surface area (TPSA) is 34.1 Å². The number of rotatable bonds is 24. The fourth-order valence-corrected chi connectivity index (χ4v) is 5.89. The molecule has 0 saturated heterocycles. The Bertz CT molecular complexity index is 554. The van der Waals surface area contributed by atoms with E-state index in [0.717, 1.165) is 48.0 Å². The largest absolute Gasteiger partial charge is 0.297 e. The van der Waals surface area contributed by atoms with Crippen LogP contribution in [-0.2, 0) is 12.8 Å². The highest BCUT2D eigenvalue weighted by atomic mass is 32.1. The summed E-state index contributed by atoms with van der Waals surface area (Å²) in [5.74, 6) is 0. The lowest BCUT2D eigenvalue weighted by Crippen LogP contribution is -1.97. The summed E-state index contributed by atoms with van der Waals surface area (Å²) in [5.41, 5.74) is 2.38. The fraction of sp³-hybridized carbons (Fsp3) is 0.800. The van der Waals surface area contributed by atoms with Gasteiger partial charge in [-0.15, -0.1) is 11.3 Å². The molecule has 0 aliphatic carbocycles. The molecule has 0 aromatic carbocycles. The van der Waals surface area contributed by atoms with E-state index in [2.05, 4.69) is 13.8 Å². The molecule has 0 spiro atoms. The first kappa shape index (κ1) is 30.1. The maximum absolute atomic E-state index is 11.6. The van der Waals surface area contributed by atoms with Crippen LogP contribution in [0.3, 0.4) is 0 Å². The molecular formula is C30H52O2S. The summed E-state index contributed by atoms with van der Waals surface area (Å²) in [7, 11) is 0. The van der Waals surface area contributed by atoms with E-state index in [1.807, 2.05) is 0 Å². The van der Waals surface area contributed by atoms with Crippen molar-refractivity contribution in [2.24, 2.45) is 0 Å². The van der Waals surface area contributed by atoms with E-state index in [4.69, 9.17) is 0 Å². The number of unbranched alkanes of at least 4 members (excludes halogenated alkanes) is 18. The zero-order valence-electron chi connectivity index (χ0n) is 21.9. The third-order valence-electron chi connectivity index (χ3n) is 6.95. The highest BCUT2D eigenvalue weighted by Crippen LogP contribution is 2.30. The maximum atomic E-state index is 11.6. The van der Waals surface area contributed by atoms with Crippen LogP contribution in [0.15, 0.2) is 0 Å². The number of carbonyl (C=O) groups excluding carboxylic acids is 2. The molecule has 1 aromatic heterocycles. The van der Waals surface area contributed by atoms with E-state index in [1.54, 1.807) is 0 Å². The molecule has 190 valence electrons. The van der Waals surface area contributed by atoms with E-state index >= 15 is 0 Å². The minimum Gasteiger partial charge on any atom is -0.297 e. The molecule has 0 radical (unpaired) electrons. The van der Waals surface area contributed by atoms with Crippen molar-refractivity contribution in [2.45, 2.75) is 155 Å². The van der Waals surface area contributed by atoms with Crippen LogP contribution in [-0.4, -0.2) is 12.6 Å². The van der Waals surface area contributed by atoms with Gasteiger partial charge in [0.05, 0.1) is 9.75 Å². The Morgan fingerprint density at radius 1 is 0.455 bits per heavy atom. The van der Waals surface area contributed by atoms with E-state index in [-0.39, 0.29) is 0 Å². The predicted octanol–water partition coefficient (Wildman–Crippen LogP) is 10.3. The lowest BCUT2D eigenvalue weighted by molar-refractivity contribution is 0.111. The van der Waals surface area contributed by atoms with Crippen molar-refractivity contribution in [3.05, 3.63) is 20.9 Å². The van der Waals surface area contributed by atoms with E-state index in [0.29, 0.717) is 0 Å². The molecule has 0 saturated carbocycles. The summed E-state index contributed by atoms with van der Waals surface area (Å²) in [6.45, 7) is 4.54. The Hall–Kier alpha value is -0.960. The molecule has 33 heavy (non-hydrogen) atoms. The highest BCUT2D eigenvalue weighted by Gasteiger charge is 2.16. The monoisotopic (exact) mass is 476 g/mol. The molecule has 0 atom stereocenters. The number of thiophene rings is 1. The van der Waals surface area contributed by atoms with Crippen molar-refractivity contribution in [3.63, 3.8) is 0 Å². The van der Waals surface area contributed by atoms with E-state index in [9.17, 15) is 9.59 Å². The van der Waals surface area contributed by atoms with Gasteiger partial charge < -0.3 is 0 Å².